The summed E-state index contributed by atoms with van der Waals surface area (Å²) in [6, 6.07) is 23.5. The number of benzene rings is 3. The maximum Gasteiger partial charge on any atom is 0.321 e. The van der Waals surface area contributed by atoms with Crippen molar-refractivity contribution < 1.29 is 9.59 Å². The zero-order valence-corrected chi connectivity index (χ0v) is 17.8. The van der Waals surface area contributed by atoms with Crippen LogP contribution in [0.5, 0.6) is 0 Å². The van der Waals surface area contributed by atoms with Crippen LogP contribution in [-0.2, 0) is 4.79 Å². The van der Waals surface area contributed by atoms with E-state index < -0.39 is 12.2 Å². The Balaban J connectivity index is 1.63. The van der Waals surface area contributed by atoms with Crippen LogP contribution in [0, 0.1) is 5.41 Å². The van der Waals surface area contributed by atoms with E-state index in [-0.39, 0.29) is 5.91 Å². The molecule has 0 aromatic heterocycles. The predicted octanol–water partition coefficient (Wildman–Crippen LogP) is 4.04. The van der Waals surface area contributed by atoms with E-state index in [9.17, 15) is 9.59 Å². The Morgan fingerprint density at radius 1 is 0.969 bits per heavy atom. The molecule has 0 spiro atoms. The lowest BCUT2D eigenvalue weighted by Crippen LogP contribution is -2.47. The Labute approximate surface area is 186 Å². The Kier molecular flexibility index (Phi) is 5.81. The third kappa shape index (κ3) is 4.27. The number of hydrogen-bond acceptors (Lipinski definition) is 4. The van der Waals surface area contributed by atoms with Gasteiger partial charge >= 0.3 is 6.03 Å². The van der Waals surface area contributed by atoms with Gasteiger partial charge in [-0.2, -0.15) is 0 Å². The van der Waals surface area contributed by atoms with Crippen molar-refractivity contribution >= 4 is 34.7 Å². The first-order valence-corrected chi connectivity index (χ1v) is 10.2. The molecule has 1 aliphatic rings. The molecule has 1 atom stereocenters. The SMILES string of the molecule is CC(=N)c1ccc(NC(=O)NC2N=C(c3ccccc3)c3ccccc3N(C)C2=O)cc1. The molecule has 32 heavy (non-hydrogen) atoms. The smallest absolute Gasteiger partial charge is 0.311 e. The summed E-state index contributed by atoms with van der Waals surface area (Å²) in [7, 11) is 1.68. The van der Waals surface area contributed by atoms with Crippen LogP contribution >= 0.6 is 0 Å². The van der Waals surface area contributed by atoms with Gasteiger partial charge in [0.05, 0.1) is 11.4 Å². The molecule has 1 heterocycles. The van der Waals surface area contributed by atoms with Crippen molar-refractivity contribution in [1.29, 1.82) is 5.41 Å². The Morgan fingerprint density at radius 3 is 2.31 bits per heavy atom. The quantitative estimate of drug-likeness (QED) is 0.550. The molecule has 1 aliphatic heterocycles. The highest BCUT2D eigenvalue weighted by atomic mass is 16.2. The van der Waals surface area contributed by atoms with Crippen LogP contribution in [0.1, 0.15) is 23.6 Å². The summed E-state index contributed by atoms with van der Waals surface area (Å²) in [5.74, 6) is -0.340. The summed E-state index contributed by atoms with van der Waals surface area (Å²) in [5.41, 5.74) is 4.79. The van der Waals surface area contributed by atoms with Gasteiger partial charge in [0.15, 0.2) is 0 Å². The lowest BCUT2D eigenvalue weighted by molar-refractivity contribution is -0.119. The van der Waals surface area contributed by atoms with Gasteiger partial charge in [-0.3, -0.25) is 4.79 Å². The molecule has 3 aromatic rings. The molecule has 0 saturated heterocycles. The fourth-order valence-electron chi connectivity index (χ4n) is 3.54. The number of para-hydroxylation sites is 1. The van der Waals surface area contributed by atoms with Gasteiger partial charge in [0, 0.05) is 29.6 Å². The summed E-state index contributed by atoms with van der Waals surface area (Å²) in [6.07, 6.45) is -1.09. The van der Waals surface area contributed by atoms with Gasteiger partial charge in [-0.1, -0.05) is 60.7 Å². The number of amides is 3. The number of anilines is 2. The fourth-order valence-corrected chi connectivity index (χ4v) is 3.54. The van der Waals surface area contributed by atoms with Gasteiger partial charge in [0.2, 0.25) is 6.17 Å². The summed E-state index contributed by atoms with van der Waals surface area (Å²) < 4.78 is 0. The molecule has 7 nitrogen and oxygen atoms in total. The molecule has 7 heteroatoms. The van der Waals surface area contributed by atoms with Crippen molar-refractivity contribution in [3.63, 3.8) is 0 Å². The number of urea groups is 1. The van der Waals surface area contributed by atoms with E-state index in [2.05, 4.69) is 15.6 Å². The van der Waals surface area contributed by atoms with E-state index in [1.54, 1.807) is 38.2 Å². The van der Waals surface area contributed by atoms with Gasteiger partial charge in [-0.15, -0.1) is 0 Å². The zero-order chi connectivity index (χ0) is 22.7. The van der Waals surface area contributed by atoms with E-state index in [0.717, 1.165) is 22.4 Å². The fraction of sp³-hybridized carbons (Fsp3) is 0.120. The van der Waals surface area contributed by atoms with E-state index in [4.69, 9.17) is 5.41 Å². The van der Waals surface area contributed by atoms with Gasteiger partial charge in [0.1, 0.15) is 0 Å². The van der Waals surface area contributed by atoms with Crippen LogP contribution in [-0.4, -0.2) is 36.6 Å². The molecule has 0 radical (unpaired) electrons. The predicted molar refractivity (Wildman–Crippen MR) is 127 cm³/mol. The van der Waals surface area contributed by atoms with Crippen molar-refractivity contribution in [2.75, 3.05) is 17.3 Å². The first-order valence-electron chi connectivity index (χ1n) is 10.2. The maximum atomic E-state index is 13.1. The van der Waals surface area contributed by atoms with Crippen molar-refractivity contribution in [3.8, 4) is 0 Å². The van der Waals surface area contributed by atoms with Crippen LogP contribution in [0.15, 0.2) is 83.9 Å². The highest BCUT2D eigenvalue weighted by Crippen LogP contribution is 2.27. The number of nitrogens with zero attached hydrogens (tertiary/aromatic N) is 2. The Morgan fingerprint density at radius 2 is 1.62 bits per heavy atom. The molecule has 3 aromatic carbocycles. The lowest BCUT2D eigenvalue weighted by atomic mass is 10.0. The van der Waals surface area contributed by atoms with Crippen molar-refractivity contribution in [1.82, 2.24) is 5.32 Å². The van der Waals surface area contributed by atoms with E-state index in [0.29, 0.717) is 17.1 Å². The van der Waals surface area contributed by atoms with Crippen molar-refractivity contribution in [3.05, 3.63) is 95.6 Å². The second-order valence-corrected chi connectivity index (χ2v) is 7.46. The number of hydrogen-bond donors (Lipinski definition) is 3. The summed E-state index contributed by atoms with van der Waals surface area (Å²) >= 11 is 0. The number of benzodiazepines with no additional fused rings is 1. The average molecular weight is 425 g/mol. The van der Waals surface area contributed by atoms with Crippen LogP contribution in [0.25, 0.3) is 0 Å². The second kappa shape index (κ2) is 8.85. The monoisotopic (exact) mass is 425 g/mol. The third-order valence-corrected chi connectivity index (χ3v) is 5.23. The molecule has 4 rings (SSSR count). The second-order valence-electron chi connectivity index (χ2n) is 7.46. The number of carbonyl (C=O) groups excluding carboxylic acids is 2. The van der Waals surface area contributed by atoms with E-state index in [1.165, 1.54) is 4.90 Å². The van der Waals surface area contributed by atoms with Gasteiger partial charge in [-0.05, 0) is 30.7 Å². The number of aliphatic imine (C=N–C) groups is 1. The average Bonchev–Trinajstić information content (AvgIpc) is 2.91. The first kappa shape index (κ1) is 21.0. The van der Waals surface area contributed by atoms with Crippen molar-refractivity contribution in [2.45, 2.75) is 13.1 Å². The molecule has 0 saturated carbocycles. The third-order valence-electron chi connectivity index (χ3n) is 5.23. The highest BCUT2D eigenvalue weighted by molar-refractivity contribution is 6.20. The van der Waals surface area contributed by atoms with Crippen molar-refractivity contribution in [2.24, 2.45) is 4.99 Å². The van der Waals surface area contributed by atoms with E-state index >= 15 is 0 Å². The van der Waals surface area contributed by atoms with Gasteiger partial charge in [0.25, 0.3) is 5.91 Å². The van der Waals surface area contributed by atoms with Gasteiger partial charge < -0.3 is 20.9 Å². The standard InChI is InChI=1S/C25H23N5O2/c1-16(26)17-12-14-19(15-13-17)27-25(32)29-23-24(31)30(2)21-11-7-6-10-20(21)22(28-23)18-8-4-3-5-9-18/h3-15,23,26H,1-2H3,(H2,27,29,32). The number of likely N-dealkylation sites (N-methyl/N-ethyl adjacent to an activating group) is 1. The van der Waals surface area contributed by atoms with Crippen LogP contribution in [0.3, 0.4) is 0 Å². The molecule has 160 valence electrons. The summed E-state index contributed by atoms with van der Waals surface area (Å²) in [5, 5.41) is 13.1. The first-order chi connectivity index (χ1) is 15.4. The highest BCUT2D eigenvalue weighted by Gasteiger charge is 2.30. The molecular weight excluding hydrogens is 402 g/mol. The molecular formula is C25H23N5O2. The Hall–Kier alpha value is -4.26. The molecule has 0 bridgehead atoms. The minimum absolute atomic E-state index is 0.340. The summed E-state index contributed by atoms with van der Waals surface area (Å²) in [6.45, 7) is 1.70. The molecule has 3 amide bonds. The summed E-state index contributed by atoms with van der Waals surface area (Å²) in [4.78, 5) is 32.0. The number of carbonyl (C=O) groups is 2. The molecule has 1 unspecified atom stereocenters. The maximum absolute atomic E-state index is 13.1. The molecule has 3 N–H and O–H groups in total. The van der Waals surface area contributed by atoms with E-state index in [1.807, 2.05) is 54.6 Å². The topological polar surface area (TPSA) is 97.7 Å². The zero-order valence-electron chi connectivity index (χ0n) is 17.8. The largest absolute Gasteiger partial charge is 0.321 e. The normalized spacial score (nSPS) is 15.3. The minimum Gasteiger partial charge on any atom is -0.311 e. The number of fused-ring (bicyclic) bond motifs is 1. The molecule has 0 fully saturated rings. The van der Waals surface area contributed by atoms with Gasteiger partial charge in [-0.25, -0.2) is 9.79 Å². The van der Waals surface area contributed by atoms with Crippen LogP contribution in [0.2, 0.25) is 0 Å². The number of rotatable bonds is 4. The lowest BCUT2D eigenvalue weighted by Gasteiger charge is -2.21. The van der Waals surface area contributed by atoms with Crippen LogP contribution < -0.4 is 15.5 Å². The Bertz CT molecular complexity index is 1200. The number of nitrogens with one attached hydrogen (secondary N) is 3. The van der Waals surface area contributed by atoms with Crippen LogP contribution in [0.4, 0.5) is 16.2 Å². The molecule has 0 aliphatic carbocycles. The minimum atomic E-state index is -1.09.